The number of Topliss-reactive ketones (excluding diaryl/α,β-unsaturated/α-hetero) is 1. The first-order valence-electron chi connectivity index (χ1n) is 7.65. The Balaban J connectivity index is 2.22. The minimum absolute atomic E-state index is 0.0604. The Bertz CT molecular complexity index is 989. The second kappa shape index (κ2) is 5.81. The van der Waals surface area contributed by atoms with Crippen LogP contribution in [0.25, 0.3) is 11.3 Å². The van der Waals surface area contributed by atoms with E-state index in [-0.39, 0.29) is 27.6 Å². The summed E-state index contributed by atoms with van der Waals surface area (Å²) in [6, 6.07) is 12.5. The molecule has 1 aliphatic rings. The van der Waals surface area contributed by atoms with E-state index in [1.165, 1.54) is 12.1 Å². The van der Waals surface area contributed by atoms with Gasteiger partial charge in [-0.1, -0.05) is 30.3 Å². The van der Waals surface area contributed by atoms with Crippen molar-refractivity contribution in [1.29, 1.82) is 0 Å². The van der Waals surface area contributed by atoms with Gasteiger partial charge in [-0.2, -0.15) is 0 Å². The zero-order chi connectivity index (χ0) is 18.4. The third-order valence-corrected chi connectivity index (χ3v) is 5.14. The van der Waals surface area contributed by atoms with Gasteiger partial charge in [-0.3, -0.25) is 4.79 Å². The van der Waals surface area contributed by atoms with E-state index < -0.39 is 21.3 Å². The van der Waals surface area contributed by atoms with E-state index in [1.807, 2.05) is 6.07 Å². The van der Waals surface area contributed by atoms with Gasteiger partial charge in [-0.05, 0) is 37.6 Å². The SMILES string of the molecule is CC1(C)OC(c2ccc(S(C)(=O)=O)cc2F)=C(c2ccccc2)C1=O. The maximum Gasteiger partial charge on any atom is 0.210 e. The summed E-state index contributed by atoms with van der Waals surface area (Å²) in [7, 11) is -3.53. The summed E-state index contributed by atoms with van der Waals surface area (Å²) < 4.78 is 43.6. The van der Waals surface area contributed by atoms with Crippen LogP contribution in [-0.4, -0.2) is 26.1 Å². The predicted molar refractivity (Wildman–Crippen MR) is 92.9 cm³/mol. The number of carbonyl (C=O) groups is 1. The lowest BCUT2D eigenvalue weighted by atomic mass is 9.92. The summed E-state index contributed by atoms with van der Waals surface area (Å²) in [4.78, 5) is 12.6. The number of hydrogen-bond acceptors (Lipinski definition) is 4. The molecule has 0 amide bonds. The van der Waals surface area contributed by atoms with Crippen LogP contribution in [0, 0.1) is 5.82 Å². The highest BCUT2D eigenvalue weighted by Gasteiger charge is 2.43. The molecule has 130 valence electrons. The third kappa shape index (κ3) is 3.09. The van der Waals surface area contributed by atoms with Gasteiger partial charge in [-0.15, -0.1) is 0 Å². The molecule has 0 unspecified atom stereocenters. The van der Waals surface area contributed by atoms with E-state index >= 15 is 0 Å². The van der Waals surface area contributed by atoms with E-state index in [4.69, 9.17) is 4.74 Å². The number of sulfone groups is 1. The molecule has 6 heteroatoms. The van der Waals surface area contributed by atoms with Crippen molar-refractivity contribution in [3.8, 4) is 0 Å². The van der Waals surface area contributed by atoms with Gasteiger partial charge in [0.25, 0.3) is 0 Å². The molecule has 0 atom stereocenters. The number of ketones is 1. The van der Waals surface area contributed by atoms with Gasteiger partial charge in [0.05, 0.1) is 16.0 Å². The maximum atomic E-state index is 14.6. The molecule has 0 aromatic heterocycles. The molecule has 4 nitrogen and oxygen atoms in total. The van der Waals surface area contributed by atoms with Gasteiger partial charge in [0.1, 0.15) is 11.6 Å². The summed E-state index contributed by atoms with van der Waals surface area (Å²) >= 11 is 0. The summed E-state index contributed by atoms with van der Waals surface area (Å²) in [5.74, 6) is -0.879. The fourth-order valence-electron chi connectivity index (χ4n) is 2.72. The Kier molecular flexibility index (Phi) is 4.03. The molecular weight excluding hydrogens is 343 g/mol. The molecule has 2 aromatic rings. The highest BCUT2D eigenvalue weighted by Crippen LogP contribution is 2.42. The van der Waals surface area contributed by atoms with Crippen LogP contribution in [0.2, 0.25) is 0 Å². The number of halogens is 1. The molecule has 1 aliphatic heterocycles. The molecule has 0 bridgehead atoms. The van der Waals surface area contributed by atoms with Crippen LogP contribution in [-0.2, 0) is 19.4 Å². The Morgan fingerprint density at radius 1 is 1.04 bits per heavy atom. The Labute approximate surface area is 145 Å². The van der Waals surface area contributed by atoms with Gasteiger partial charge < -0.3 is 4.74 Å². The second-order valence-electron chi connectivity index (χ2n) is 6.43. The first kappa shape index (κ1) is 17.4. The summed E-state index contributed by atoms with van der Waals surface area (Å²) in [6.45, 7) is 3.24. The average molecular weight is 360 g/mol. The standard InChI is InChI=1S/C19H17FO4S/c1-19(2)18(21)16(12-7-5-4-6-8-12)17(24-19)14-10-9-13(11-15(14)20)25(3,22)23/h4-11H,1-3H3. The number of benzene rings is 2. The minimum atomic E-state index is -3.53. The van der Waals surface area contributed by atoms with Crippen LogP contribution in [0.3, 0.4) is 0 Å². The maximum absolute atomic E-state index is 14.6. The van der Waals surface area contributed by atoms with E-state index in [1.54, 1.807) is 38.1 Å². The lowest BCUT2D eigenvalue weighted by Crippen LogP contribution is -2.29. The molecule has 1 heterocycles. The van der Waals surface area contributed by atoms with Crippen molar-refractivity contribution in [1.82, 2.24) is 0 Å². The van der Waals surface area contributed by atoms with Crippen LogP contribution in [0.1, 0.15) is 25.0 Å². The zero-order valence-corrected chi connectivity index (χ0v) is 14.9. The molecule has 25 heavy (non-hydrogen) atoms. The van der Waals surface area contributed by atoms with Crippen LogP contribution < -0.4 is 0 Å². The number of rotatable bonds is 3. The Morgan fingerprint density at radius 3 is 2.24 bits per heavy atom. The van der Waals surface area contributed by atoms with Crippen molar-refractivity contribution in [2.24, 2.45) is 0 Å². The Morgan fingerprint density at radius 2 is 1.68 bits per heavy atom. The van der Waals surface area contributed by atoms with Crippen molar-refractivity contribution in [3.63, 3.8) is 0 Å². The topological polar surface area (TPSA) is 60.4 Å². The lowest BCUT2D eigenvalue weighted by Gasteiger charge is -2.18. The highest BCUT2D eigenvalue weighted by molar-refractivity contribution is 7.90. The van der Waals surface area contributed by atoms with E-state index in [2.05, 4.69) is 0 Å². The molecule has 0 saturated carbocycles. The summed E-state index contributed by atoms with van der Waals surface area (Å²) in [6.07, 6.45) is 1.01. The van der Waals surface area contributed by atoms with Crippen molar-refractivity contribution in [2.75, 3.05) is 6.26 Å². The number of hydrogen-bond donors (Lipinski definition) is 0. The van der Waals surface area contributed by atoms with Crippen molar-refractivity contribution < 1.29 is 22.3 Å². The molecule has 3 rings (SSSR count). The van der Waals surface area contributed by atoms with Crippen LogP contribution >= 0.6 is 0 Å². The fraction of sp³-hybridized carbons (Fsp3) is 0.211. The van der Waals surface area contributed by atoms with Gasteiger partial charge in [0, 0.05) is 6.26 Å². The number of ether oxygens (including phenoxy) is 1. The van der Waals surface area contributed by atoms with Gasteiger partial charge in [0.15, 0.2) is 15.4 Å². The number of carbonyl (C=O) groups excluding carboxylic acids is 1. The fourth-order valence-corrected chi connectivity index (χ4v) is 3.36. The molecule has 0 saturated heterocycles. The van der Waals surface area contributed by atoms with E-state index in [0.29, 0.717) is 5.56 Å². The van der Waals surface area contributed by atoms with Crippen molar-refractivity contribution >= 4 is 27.0 Å². The van der Waals surface area contributed by atoms with Crippen LogP contribution in [0.5, 0.6) is 0 Å². The van der Waals surface area contributed by atoms with Crippen LogP contribution in [0.4, 0.5) is 4.39 Å². The monoisotopic (exact) mass is 360 g/mol. The minimum Gasteiger partial charge on any atom is -0.478 e. The van der Waals surface area contributed by atoms with Gasteiger partial charge in [0.2, 0.25) is 5.78 Å². The van der Waals surface area contributed by atoms with Gasteiger partial charge in [-0.25, -0.2) is 12.8 Å². The Hall–Kier alpha value is -2.47. The molecule has 0 N–H and O–H groups in total. The summed E-state index contributed by atoms with van der Waals surface area (Å²) in [5.41, 5.74) is -0.149. The van der Waals surface area contributed by atoms with E-state index in [0.717, 1.165) is 12.3 Å². The largest absolute Gasteiger partial charge is 0.478 e. The lowest BCUT2D eigenvalue weighted by molar-refractivity contribution is -0.125. The van der Waals surface area contributed by atoms with E-state index in [9.17, 15) is 17.6 Å². The first-order valence-corrected chi connectivity index (χ1v) is 9.54. The quantitative estimate of drug-likeness (QED) is 0.841. The molecule has 0 spiro atoms. The van der Waals surface area contributed by atoms with Crippen molar-refractivity contribution in [2.45, 2.75) is 24.3 Å². The van der Waals surface area contributed by atoms with Gasteiger partial charge >= 0.3 is 0 Å². The zero-order valence-electron chi connectivity index (χ0n) is 14.0. The van der Waals surface area contributed by atoms with Crippen LogP contribution in [0.15, 0.2) is 53.4 Å². The average Bonchev–Trinajstić information content (AvgIpc) is 2.77. The first-order chi connectivity index (χ1) is 11.6. The molecule has 0 fully saturated rings. The smallest absolute Gasteiger partial charge is 0.210 e. The molecule has 0 aliphatic carbocycles. The normalized spacial score (nSPS) is 16.9. The molecule has 2 aromatic carbocycles. The highest BCUT2D eigenvalue weighted by atomic mass is 32.2. The summed E-state index contributed by atoms with van der Waals surface area (Å²) in [5, 5.41) is 0. The predicted octanol–water partition coefficient (Wildman–Crippen LogP) is 3.48. The second-order valence-corrected chi connectivity index (χ2v) is 8.44. The molecular formula is C19H17FO4S. The third-order valence-electron chi connectivity index (χ3n) is 4.03. The molecule has 0 radical (unpaired) electrons. The van der Waals surface area contributed by atoms with Crippen molar-refractivity contribution in [3.05, 3.63) is 65.5 Å².